The van der Waals surface area contributed by atoms with Crippen LogP contribution in [-0.2, 0) is 16.5 Å². The molecule has 1 N–H and O–H groups in total. The summed E-state index contributed by atoms with van der Waals surface area (Å²) in [5.74, 6) is 0.749. The molecule has 0 atom stereocenters. The largest absolute Gasteiger partial charge is 1.00 e. The van der Waals surface area contributed by atoms with Gasteiger partial charge in [-0.25, -0.2) is 0 Å². The van der Waals surface area contributed by atoms with E-state index in [1.165, 1.54) is 69.2 Å². The Morgan fingerprint density at radius 3 is 2.10 bits per heavy atom. The van der Waals surface area contributed by atoms with E-state index in [1.807, 2.05) is 0 Å². The number of unbranched alkanes of at least 4 members (excludes halogenated alkanes) is 8. The van der Waals surface area contributed by atoms with Gasteiger partial charge in [-0.15, -0.1) is 5.75 Å². The molecular weight excluding hydrogens is 411 g/mol. The van der Waals surface area contributed by atoms with Crippen LogP contribution in [0, 0.1) is 0 Å². The normalized spacial score (nSPS) is 11.1. The van der Waals surface area contributed by atoms with Gasteiger partial charge in [-0.1, -0.05) is 76.0 Å². The molecule has 2 aromatic rings. The molecule has 0 aliphatic carbocycles. The van der Waals surface area contributed by atoms with Gasteiger partial charge in [0.05, 0.1) is 4.90 Å². The first kappa shape index (κ1) is 27.0. The van der Waals surface area contributed by atoms with Gasteiger partial charge in [0.1, 0.15) is 11.5 Å². The zero-order valence-corrected chi connectivity index (χ0v) is 20.9. The van der Waals surface area contributed by atoms with Crippen LogP contribution in [0.25, 0.3) is 0 Å². The molecule has 0 radical (unpaired) electrons. The van der Waals surface area contributed by atoms with Crippen molar-refractivity contribution >= 4 is 10.1 Å². The summed E-state index contributed by atoms with van der Waals surface area (Å²) in [6.07, 6.45) is 11.8. The van der Waals surface area contributed by atoms with E-state index >= 15 is 0 Å². The summed E-state index contributed by atoms with van der Waals surface area (Å²) < 4.78 is 37.3. The summed E-state index contributed by atoms with van der Waals surface area (Å²) in [7, 11) is -4.29. The second kappa shape index (κ2) is 14.1. The van der Waals surface area contributed by atoms with Gasteiger partial charge in [0.2, 0.25) is 0 Å². The molecule has 0 aliphatic rings. The van der Waals surface area contributed by atoms with E-state index in [4.69, 9.17) is 9.29 Å². The summed E-state index contributed by atoms with van der Waals surface area (Å²) in [4.78, 5) is -0.231. The molecule has 2 rings (SSSR count). The standard InChI is InChI=1S/C23H32O5S.Na/c1-2-3-4-5-6-7-8-9-10-12-19-17-21(15-16-23(19)24)28-20-13-11-14-22(18-20)29(25,26)27;/h11,13-18,24H,2-10,12H2,1H3,(H,25,26,27);/q;+1/p-1. The Bertz CT molecular complexity index is 868. The fourth-order valence-electron chi connectivity index (χ4n) is 3.28. The van der Waals surface area contributed by atoms with E-state index in [1.54, 1.807) is 18.2 Å². The third-order valence-corrected chi connectivity index (χ3v) is 5.77. The first-order valence-electron chi connectivity index (χ1n) is 10.5. The van der Waals surface area contributed by atoms with Crippen molar-refractivity contribution in [1.82, 2.24) is 0 Å². The Labute approximate surface area is 202 Å². The molecule has 0 aliphatic heterocycles. The van der Waals surface area contributed by atoms with Crippen molar-refractivity contribution in [3.63, 3.8) is 0 Å². The topological polar surface area (TPSA) is 86.7 Å². The van der Waals surface area contributed by atoms with Crippen LogP contribution in [0.5, 0.6) is 17.2 Å². The minimum atomic E-state index is -4.29. The van der Waals surface area contributed by atoms with E-state index in [0.717, 1.165) is 12.8 Å². The number of benzene rings is 2. The molecule has 0 aromatic heterocycles. The molecule has 5 nitrogen and oxygen atoms in total. The molecule has 0 saturated carbocycles. The number of aryl methyl sites for hydroxylation is 1. The first-order valence-corrected chi connectivity index (χ1v) is 11.9. The Morgan fingerprint density at radius 2 is 1.47 bits per heavy atom. The predicted octanol–water partition coefficient (Wildman–Crippen LogP) is 2.88. The van der Waals surface area contributed by atoms with Gasteiger partial charge in [0.15, 0.2) is 0 Å². The summed E-state index contributed by atoms with van der Waals surface area (Å²) in [5, 5.41) is 12.1. The molecule has 0 bridgehead atoms. The molecule has 0 amide bonds. The number of hydrogen-bond donors (Lipinski definition) is 1. The number of rotatable bonds is 13. The van der Waals surface area contributed by atoms with Gasteiger partial charge in [-0.3, -0.25) is 4.55 Å². The van der Waals surface area contributed by atoms with Crippen LogP contribution >= 0.6 is 0 Å². The van der Waals surface area contributed by atoms with E-state index in [-0.39, 0.29) is 46.0 Å². The molecule has 30 heavy (non-hydrogen) atoms. The Morgan fingerprint density at radius 1 is 0.867 bits per heavy atom. The SMILES string of the molecule is CCCCCCCCCCCc1cc(Oc2cccc(S(=O)(=O)O)c2)ccc1[O-].[Na+]. The van der Waals surface area contributed by atoms with E-state index in [0.29, 0.717) is 17.7 Å². The van der Waals surface area contributed by atoms with Crippen LogP contribution < -0.4 is 39.4 Å². The number of hydrogen-bond acceptors (Lipinski definition) is 4. The summed E-state index contributed by atoms with van der Waals surface area (Å²) >= 11 is 0. The molecule has 0 fully saturated rings. The van der Waals surface area contributed by atoms with Crippen molar-refractivity contribution < 1.29 is 52.4 Å². The average Bonchev–Trinajstić information content (AvgIpc) is 2.68. The minimum Gasteiger partial charge on any atom is -0.872 e. The van der Waals surface area contributed by atoms with Crippen LogP contribution in [0.1, 0.15) is 70.3 Å². The maximum Gasteiger partial charge on any atom is 1.00 e. The quantitative estimate of drug-likeness (QED) is 0.293. The summed E-state index contributed by atoms with van der Waals surface area (Å²) in [5.41, 5.74) is 0.705. The third-order valence-electron chi connectivity index (χ3n) is 4.92. The van der Waals surface area contributed by atoms with E-state index < -0.39 is 10.1 Å². The van der Waals surface area contributed by atoms with Crippen molar-refractivity contribution in [2.75, 3.05) is 0 Å². The molecule has 2 aromatic carbocycles. The van der Waals surface area contributed by atoms with Gasteiger partial charge in [0, 0.05) is 6.07 Å². The van der Waals surface area contributed by atoms with Gasteiger partial charge >= 0.3 is 29.6 Å². The monoisotopic (exact) mass is 442 g/mol. The van der Waals surface area contributed by atoms with E-state index in [9.17, 15) is 13.5 Å². The molecule has 0 spiro atoms. The van der Waals surface area contributed by atoms with Crippen molar-refractivity contribution in [2.45, 2.75) is 76.0 Å². The average molecular weight is 443 g/mol. The Kier molecular flexibility index (Phi) is 12.7. The van der Waals surface area contributed by atoms with Crippen LogP contribution in [-0.4, -0.2) is 13.0 Å². The third kappa shape index (κ3) is 9.84. The molecular formula is C23H31NaO5S. The second-order valence-corrected chi connectivity index (χ2v) is 8.82. The first-order chi connectivity index (χ1) is 13.9. The summed E-state index contributed by atoms with van der Waals surface area (Å²) in [6, 6.07) is 10.4. The fraction of sp³-hybridized carbons (Fsp3) is 0.478. The van der Waals surface area contributed by atoms with Gasteiger partial charge in [-0.2, -0.15) is 8.42 Å². The van der Waals surface area contributed by atoms with Gasteiger partial charge < -0.3 is 9.84 Å². The van der Waals surface area contributed by atoms with Crippen molar-refractivity contribution in [3.05, 3.63) is 48.0 Å². The maximum atomic E-state index is 12.1. The van der Waals surface area contributed by atoms with Crippen molar-refractivity contribution in [3.8, 4) is 17.2 Å². The fourth-order valence-corrected chi connectivity index (χ4v) is 3.79. The zero-order chi connectivity index (χ0) is 21.1. The predicted molar refractivity (Wildman–Crippen MR) is 113 cm³/mol. The molecule has 160 valence electrons. The smallest absolute Gasteiger partial charge is 0.872 e. The molecule has 0 unspecified atom stereocenters. The van der Waals surface area contributed by atoms with Crippen LogP contribution in [0.2, 0.25) is 0 Å². The van der Waals surface area contributed by atoms with Crippen LogP contribution in [0.3, 0.4) is 0 Å². The van der Waals surface area contributed by atoms with Crippen molar-refractivity contribution in [2.24, 2.45) is 0 Å². The minimum absolute atomic E-state index is 0. The van der Waals surface area contributed by atoms with Crippen LogP contribution in [0.15, 0.2) is 47.4 Å². The van der Waals surface area contributed by atoms with Crippen LogP contribution in [0.4, 0.5) is 0 Å². The maximum absolute atomic E-state index is 12.1. The van der Waals surface area contributed by atoms with Gasteiger partial charge in [0.25, 0.3) is 10.1 Å². The van der Waals surface area contributed by atoms with E-state index in [2.05, 4.69) is 6.92 Å². The zero-order valence-electron chi connectivity index (χ0n) is 18.1. The Hall–Kier alpha value is -1.05. The number of ether oxygens (including phenoxy) is 1. The molecule has 0 saturated heterocycles. The van der Waals surface area contributed by atoms with Gasteiger partial charge in [-0.05, 0) is 37.1 Å². The second-order valence-electron chi connectivity index (χ2n) is 7.40. The molecule has 0 heterocycles. The van der Waals surface area contributed by atoms with Crippen molar-refractivity contribution in [1.29, 1.82) is 0 Å². The summed E-state index contributed by atoms with van der Waals surface area (Å²) in [6.45, 7) is 2.22. The molecule has 7 heteroatoms. The Balaban J connectivity index is 0.00000450.